The van der Waals surface area contributed by atoms with E-state index >= 15 is 0 Å². The number of carbonyl (C=O) groups excluding carboxylic acids is 1. The number of carbonyl (C=O) groups is 1. The topological polar surface area (TPSA) is 32.3 Å². The summed E-state index contributed by atoms with van der Waals surface area (Å²) in [5, 5.41) is 3.66. The van der Waals surface area contributed by atoms with Crippen LogP contribution in [0.25, 0.3) is 0 Å². The Balaban J connectivity index is 2.06. The summed E-state index contributed by atoms with van der Waals surface area (Å²) in [6, 6.07) is 9.77. The first-order chi connectivity index (χ1) is 8.58. The van der Waals surface area contributed by atoms with Crippen LogP contribution in [0.3, 0.4) is 0 Å². The van der Waals surface area contributed by atoms with Crippen LogP contribution in [0.1, 0.15) is 25.8 Å². The van der Waals surface area contributed by atoms with Gasteiger partial charge in [0.2, 0.25) is 0 Å². The molecule has 2 rings (SSSR count). The zero-order chi connectivity index (χ0) is 13.1. The molecule has 4 heteroatoms. The molecule has 1 N–H and O–H groups in total. The van der Waals surface area contributed by atoms with E-state index in [4.69, 9.17) is 12.2 Å². The Labute approximate surface area is 113 Å². The van der Waals surface area contributed by atoms with Crippen molar-refractivity contribution in [1.82, 2.24) is 10.2 Å². The third-order valence-corrected chi connectivity index (χ3v) is 3.34. The summed E-state index contributed by atoms with van der Waals surface area (Å²) in [6.07, 6.45) is 0.824. The van der Waals surface area contributed by atoms with Crippen LogP contribution in [0, 0.1) is 5.92 Å². The van der Waals surface area contributed by atoms with Crippen LogP contribution in [-0.2, 0) is 11.3 Å². The predicted octanol–water partition coefficient (Wildman–Crippen LogP) is 2.32. The van der Waals surface area contributed by atoms with Crippen LogP contribution in [-0.4, -0.2) is 22.0 Å². The van der Waals surface area contributed by atoms with Crippen molar-refractivity contribution < 1.29 is 4.79 Å². The standard InChI is InChI=1S/C14H18N2OS/c1-10(2)8-12-13(17)16(14(18)15-12)9-11-6-4-3-5-7-11/h3-7,10,12H,8-9H2,1-2H3,(H,15,18)/t12-/m1/s1. The van der Waals surface area contributed by atoms with Gasteiger partial charge < -0.3 is 5.32 Å². The van der Waals surface area contributed by atoms with Gasteiger partial charge in [0.15, 0.2) is 5.11 Å². The fourth-order valence-corrected chi connectivity index (χ4v) is 2.42. The monoisotopic (exact) mass is 262 g/mol. The van der Waals surface area contributed by atoms with Crippen molar-refractivity contribution in [1.29, 1.82) is 0 Å². The minimum absolute atomic E-state index is 0.0950. The molecule has 0 aromatic heterocycles. The highest BCUT2D eigenvalue weighted by atomic mass is 32.1. The Hall–Kier alpha value is -1.42. The lowest BCUT2D eigenvalue weighted by atomic mass is 10.0. The second-order valence-electron chi connectivity index (χ2n) is 5.04. The second-order valence-corrected chi connectivity index (χ2v) is 5.43. The number of hydrogen-bond acceptors (Lipinski definition) is 2. The third-order valence-electron chi connectivity index (χ3n) is 3.00. The molecule has 1 aromatic rings. The predicted molar refractivity (Wildman–Crippen MR) is 76.0 cm³/mol. The van der Waals surface area contributed by atoms with E-state index in [0.29, 0.717) is 17.6 Å². The van der Waals surface area contributed by atoms with Crippen LogP contribution < -0.4 is 5.32 Å². The van der Waals surface area contributed by atoms with Crippen molar-refractivity contribution in [2.75, 3.05) is 0 Å². The molecule has 0 saturated carbocycles. The molecule has 96 valence electrons. The van der Waals surface area contributed by atoms with Crippen LogP contribution >= 0.6 is 12.2 Å². The highest BCUT2D eigenvalue weighted by Crippen LogP contribution is 2.16. The normalized spacial score (nSPS) is 19.5. The number of nitrogens with one attached hydrogen (secondary N) is 1. The Morgan fingerprint density at radius 1 is 1.33 bits per heavy atom. The molecule has 0 spiro atoms. The molecule has 0 aliphatic carbocycles. The zero-order valence-corrected chi connectivity index (χ0v) is 11.5. The van der Waals surface area contributed by atoms with E-state index < -0.39 is 0 Å². The molecule has 1 fully saturated rings. The lowest BCUT2D eigenvalue weighted by molar-refractivity contribution is -0.127. The van der Waals surface area contributed by atoms with E-state index in [9.17, 15) is 4.79 Å². The first-order valence-electron chi connectivity index (χ1n) is 6.23. The smallest absolute Gasteiger partial charge is 0.251 e. The quantitative estimate of drug-likeness (QED) is 0.845. The number of hydrogen-bond donors (Lipinski definition) is 1. The molecular formula is C14H18N2OS. The summed E-state index contributed by atoms with van der Waals surface area (Å²) >= 11 is 5.24. The maximum Gasteiger partial charge on any atom is 0.251 e. The van der Waals surface area contributed by atoms with Gasteiger partial charge in [-0.15, -0.1) is 0 Å². The van der Waals surface area contributed by atoms with Gasteiger partial charge in [0.1, 0.15) is 6.04 Å². The molecule has 3 nitrogen and oxygen atoms in total. The van der Waals surface area contributed by atoms with E-state index in [0.717, 1.165) is 12.0 Å². The van der Waals surface area contributed by atoms with Gasteiger partial charge >= 0.3 is 0 Å². The number of thiocarbonyl (C=S) groups is 1. The third kappa shape index (κ3) is 2.88. The molecule has 0 bridgehead atoms. The second kappa shape index (κ2) is 5.48. The van der Waals surface area contributed by atoms with Gasteiger partial charge in [0.25, 0.3) is 5.91 Å². The van der Waals surface area contributed by atoms with Crippen molar-refractivity contribution in [3.8, 4) is 0 Å². The first-order valence-corrected chi connectivity index (χ1v) is 6.64. The summed E-state index contributed by atoms with van der Waals surface area (Å²) < 4.78 is 0. The highest BCUT2D eigenvalue weighted by Gasteiger charge is 2.35. The van der Waals surface area contributed by atoms with Gasteiger partial charge in [-0.1, -0.05) is 44.2 Å². The average molecular weight is 262 g/mol. The summed E-state index contributed by atoms with van der Waals surface area (Å²) in [4.78, 5) is 13.9. The van der Waals surface area contributed by atoms with Gasteiger partial charge in [0, 0.05) is 0 Å². The lowest BCUT2D eigenvalue weighted by Gasteiger charge is -2.15. The van der Waals surface area contributed by atoms with E-state index in [2.05, 4.69) is 19.2 Å². The zero-order valence-electron chi connectivity index (χ0n) is 10.7. The lowest BCUT2D eigenvalue weighted by Crippen LogP contribution is -2.31. The van der Waals surface area contributed by atoms with E-state index in [-0.39, 0.29) is 11.9 Å². The summed E-state index contributed by atoms with van der Waals surface area (Å²) in [6.45, 7) is 4.77. The number of benzene rings is 1. The highest BCUT2D eigenvalue weighted by molar-refractivity contribution is 7.80. The van der Waals surface area contributed by atoms with Crippen molar-refractivity contribution in [2.24, 2.45) is 5.92 Å². The molecule has 18 heavy (non-hydrogen) atoms. The van der Waals surface area contributed by atoms with E-state index in [1.54, 1.807) is 4.90 Å². The van der Waals surface area contributed by atoms with Crippen molar-refractivity contribution >= 4 is 23.2 Å². The van der Waals surface area contributed by atoms with Gasteiger partial charge in [0.05, 0.1) is 6.54 Å². The number of rotatable bonds is 4. The Morgan fingerprint density at radius 2 is 2.00 bits per heavy atom. The van der Waals surface area contributed by atoms with Crippen molar-refractivity contribution in [3.05, 3.63) is 35.9 Å². The van der Waals surface area contributed by atoms with Crippen molar-refractivity contribution in [3.63, 3.8) is 0 Å². The Bertz CT molecular complexity index is 444. The van der Waals surface area contributed by atoms with E-state index in [1.165, 1.54) is 0 Å². The number of nitrogens with zero attached hydrogens (tertiary/aromatic N) is 1. The van der Waals surface area contributed by atoms with Crippen LogP contribution in [0.5, 0.6) is 0 Å². The summed E-state index contributed by atoms with van der Waals surface area (Å²) in [5.41, 5.74) is 1.10. The molecule has 1 aliphatic rings. The molecule has 1 aliphatic heterocycles. The minimum atomic E-state index is -0.152. The average Bonchev–Trinajstić information content (AvgIpc) is 2.58. The Kier molecular flexibility index (Phi) is 3.97. The molecule has 0 unspecified atom stereocenters. The molecular weight excluding hydrogens is 244 g/mol. The van der Waals surface area contributed by atoms with Gasteiger partial charge in [-0.05, 0) is 30.1 Å². The van der Waals surface area contributed by atoms with Crippen molar-refractivity contribution in [2.45, 2.75) is 32.9 Å². The molecule has 1 aromatic carbocycles. The maximum atomic E-state index is 12.2. The van der Waals surface area contributed by atoms with Crippen LogP contribution in [0.4, 0.5) is 0 Å². The van der Waals surface area contributed by atoms with E-state index in [1.807, 2.05) is 30.3 Å². The van der Waals surface area contributed by atoms with Gasteiger partial charge in [-0.25, -0.2) is 0 Å². The fraction of sp³-hybridized carbons (Fsp3) is 0.429. The van der Waals surface area contributed by atoms with Gasteiger partial charge in [-0.3, -0.25) is 9.69 Å². The van der Waals surface area contributed by atoms with Crippen LogP contribution in [0.2, 0.25) is 0 Å². The minimum Gasteiger partial charge on any atom is -0.350 e. The molecule has 1 saturated heterocycles. The van der Waals surface area contributed by atoms with Crippen LogP contribution in [0.15, 0.2) is 30.3 Å². The SMILES string of the molecule is CC(C)C[C@H]1NC(=S)N(Cc2ccccc2)C1=O. The van der Waals surface area contributed by atoms with Gasteiger partial charge in [-0.2, -0.15) is 0 Å². The Morgan fingerprint density at radius 3 is 2.61 bits per heavy atom. The molecule has 0 radical (unpaired) electrons. The maximum absolute atomic E-state index is 12.2. The summed E-state index contributed by atoms with van der Waals surface area (Å²) in [7, 11) is 0. The summed E-state index contributed by atoms with van der Waals surface area (Å²) in [5.74, 6) is 0.573. The number of amides is 1. The molecule has 1 heterocycles. The largest absolute Gasteiger partial charge is 0.350 e. The first kappa shape index (κ1) is 13.0. The molecule has 1 amide bonds. The molecule has 1 atom stereocenters. The fourth-order valence-electron chi connectivity index (χ4n) is 2.12.